The first-order chi connectivity index (χ1) is 13.0. The molecule has 7 nitrogen and oxygen atoms in total. The fraction of sp³-hybridized carbons (Fsp3) is 0.263. The predicted molar refractivity (Wildman–Crippen MR) is 103 cm³/mol. The van der Waals surface area contributed by atoms with E-state index in [9.17, 15) is 9.59 Å². The average molecular weight is 393 g/mol. The number of anilines is 1. The largest absolute Gasteiger partial charge is 0.493 e. The van der Waals surface area contributed by atoms with Crippen LogP contribution in [0.4, 0.5) is 5.69 Å². The molecule has 0 bridgehead atoms. The minimum absolute atomic E-state index is 0.0901. The Balaban J connectivity index is 1.94. The summed E-state index contributed by atoms with van der Waals surface area (Å²) >= 11 is 5.98. The minimum atomic E-state index is -0.332. The van der Waals surface area contributed by atoms with Crippen LogP contribution in [0.3, 0.4) is 0 Å². The molecule has 0 radical (unpaired) electrons. The Labute approximate surface area is 162 Å². The van der Waals surface area contributed by atoms with Crippen LogP contribution in [0.15, 0.2) is 36.4 Å². The van der Waals surface area contributed by atoms with Gasteiger partial charge < -0.3 is 24.8 Å². The van der Waals surface area contributed by atoms with E-state index >= 15 is 0 Å². The monoisotopic (exact) mass is 392 g/mol. The van der Waals surface area contributed by atoms with Gasteiger partial charge in [0.25, 0.3) is 5.91 Å². The SMILES string of the molecule is COc1cc(NC(=O)CCNC(=O)c2ccccc2Cl)cc(OC)c1OC. The third-order valence-corrected chi connectivity index (χ3v) is 4.03. The summed E-state index contributed by atoms with van der Waals surface area (Å²) in [7, 11) is 4.49. The lowest BCUT2D eigenvalue weighted by Gasteiger charge is -2.14. The molecule has 2 N–H and O–H groups in total. The van der Waals surface area contributed by atoms with E-state index in [0.717, 1.165) is 0 Å². The standard InChI is InChI=1S/C19H21ClN2O5/c1-25-15-10-12(11-16(26-2)18(15)27-3)22-17(23)8-9-21-19(24)13-6-4-5-7-14(13)20/h4-7,10-11H,8-9H2,1-3H3,(H,21,24)(H,22,23). The molecule has 0 unspecified atom stereocenters. The Hall–Kier alpha value is -2.93. The number of amides is 2. The van der Waals surface area contributed by atoms with Crippen LogP contribution < -0.4 is 24.8 Å². The highest BCUT2D eigenvalue weighted by molar-refractivity contribution is 6.33. The molecule has 27 heavy (non-hydrogen) atoms. The van der Waals surface area contributed by atoms with Crippen LogP contribution in [-0.4, -0.2) is 39.7 Å². The number of hydrogen-bond acceptors (Lipinski definition) is 5. The third-order valence-electron chi connectivity index (χ3n) is 3.70. The zero-order chi connectivity index (χ0) is 19.8. The van der Waals surface area contributed by atoms with Crippen molar-refractivity contribution < 1.29 is 23.8 Å². The van der Waals surface area contributed by atoms with E-state index in [0.29, 0.717) is 33.5 Å². The molecule has 0 saturated carbocycles. The van der Waals surface area contributed by atoms with E-state index in [1.54, 1.807) is 36.4 Å². The Morgan fingerprint density at radius 2 is 1.63 bits per heavy atom. The first kappa shape index (κ1) is 20.4. The van der Waals surface area contributed by atoms with E-state index in [1.807, 2.05) is 0 Å². The second kappa shape index (κ2) is 9.68. The normalized spacial score (nSPS) is 10.1. The van der Waals surface area contributed by atoms with Crippen LogP contribution in [-0.2, 0) is 4.79 Å². The molecule has 0 aliphatic carbocycles. The number of ether oxygens (including phenoxy) is 3. The van der Waals surface area contributed by atoms with Crippen LogP contribution in [0.1, 0.15) is 16.8 Å². The van der Waals surface area contributed by atoms with E-state index < -0.39 is 0 Å². The van der Waals surface area contributed by atoms with Crippen LogP contribution >= 0.6 is 11.6 Å². The smallest absolute Gasteiger partial charge is 0.252 e. The van der Waals surface area contributed by atoms with E-state index in [4.69, 9.17) is 25.8 Å². The highest BCUT2D eigenvalue weighted by atomic mass is 35.5. The fourth-order valence-corrected chi connectivity index (χ4v) is 2.63. The Kier molecular flexibility index (Phi) is 7.31. The highest BCUT2D eigenvalue weighted by Crippen LogP contribution is 2.39. The molecular formula is C19H21ClN2O5. The molecule has 0 aliphatic heterocycles. The van der Waals surface area contributed by atoms with Crippen molar-refractivity contribution in [2.75, 3.05) is 33.2 Å². The van der Waals surface area contributed by atoms with Crippen LogP contribution in [0.25, 0.3) is 0 Å². The van der Waals surface area contributed by atoms with Crippen molar-refractivity contribution in [1.29, 1.82) is 0 Å². The summed E-state index contributed by atoms with van der Waals surface area (Å²) in [6.07, 6.45) is 0.0901. The molecule has 0 atom stereocenters. The zero-order valence-corrected chi connectivity index (χ0v) is 16.1. The molecule has 2 aromatic carbocycles. The van der Waals surface area contributed by atoms with Gasteiger partial charge in [0, 0.05) is 30.8 Å². The van der Waals surface area contributed by atoms with Crippen molar-refractivity contribution in [1.82, 2.24) is 5.32 Å². The van der Waals surface area contributed by atoms with Gasteiger partial charge in [0.15, 0.2) is 11.5 Å². The van der Waals surface area contributed by atoms with Crippen molar-refractivity contribution in [3.05, 3.63) is 47.0 Å². The van der Waals surface area contributed by atoms with Gasteiger partial charge in [0.1, 0.15) is 0 Å². The fourth-order valence-electron chi connectivity index (χ4n) is 2.41. The maximum atomic E-state index is 12.1. The van der Waals surface area contributed by atoms with Gasteiger partial charge in [-0.3, -0.25) is 9.59 Å². The molecule has 144 valence electrons. The molecule has 8 heteroatoms. The number of carbonyl (C=O) groups is 2. The summed E-state index contributed by atoms with van der Waals surface area (Å²) in [4.78, 5) is 24.2. The second-order valence-electron chi connectivity index (χ2n) is 5.45. The second-order valence-corrected chi connectivity index (χ2v) is 5.86. The molecule has 2 amide bonds. The van der Waals surface area contributed by atoms with Gasteiger partial charge in [0.2, 0.25) is 11.7 Å². The first-order valence-corrected chi connectivity index (χ1v) is 8.50. The van der Waals surface area contributed by atoms with E-state index in [2.05, 4.69) is 10.6 Å². The number of carbonyl (C=O) groups excluding carboxylic acids is 2. The van der Waals surface area contributed by atoms with Crippen LogP contribution in [0.5, 0.6) is 17.2 Å². The number of halogens is 1. The zero-order valence-electron chi connectivity index (χ0n) is 15.3. The maximum Gasteiger partial charge on any atom is 0.252 e. The maximum absolute atomic E-state index is 12.1. The predicted octanol–water partition coefficient (Wildman–Crippen LogP) is 3.12. The van der Waals surface area contributed by atoms with Gasteiger partial charge in [-0.25, -0.2) is 0 Å². The quantitative estimate of drug-likeness (QED) is 0.720. The van der Waals surface area contributed by atoms with Gasteiger partial charge in [-0.05, 0) is 12.1 Å². The topological polar surface area (TPSA) is 85.9 Å². The molecule has 0 heterocycles. The van der Waals surface area contributed by atoms with Crippen LogP contribution in [0, 0.1) is 0 Å². The molecule has 0 aliphatic rings. The van der Waals surface area contributed by atoms with Gasteiger partial charge in [-0.1, -0.05) is 23.7 Å². The van der Waals surface area contributed by atoms with Gasteiger partial charge >= 0.3 is 0 Å². The Bertz CT molecular complexity index is 800. The molecule has 0 spiro atoms. The molecule has 2 rings (SSSR count). The summed E-state index contributed by atoms with van der Waals surface area (Å²) in [5.74, 6) is 0.688. The molecular weight excluding hydrogens is 372 g/mol. The summed E-state index contributed by atoms with van der Waals surface area (Å²) in [5, 5.41) is 5.76. The Morgan fingerprint density at radius 3 is 2.19 bits per heavy atom. The number of rotatable bonds is 8. The summed E-state index contributed by atoms with van der Waals surface area (Å²) in [6.45, 7) is 0.167. The number of nitrogens with one attached hydrogen (secondary N) is 2. The van der Waals surface area contributed by atoms with Crippen molar-refractivity contribution in [2.24, 2.45) is 0 Å². The van der Waals surface area contributed by atoms with Crippen molar-refractivity contribution >= 4 is 29.1 Å². The van der Waals surface area contributed by atoms with Gasteiger partial charge in [-0.15, -0.1) is 0 Å². The van der Waals surface area contributed by atoms with Crippen LogP contribution in [0.2, 0.25) is 5.02 Å². The number of hydrogen-bond donors (Lipinski definition) is 2. The summed E-state index contributed by atoms with van der Waals surface area (Å²) in [5.41, 5.74) is 0.858. The average Bonchev–Trinajstić information content (AvgIpc) is 2.67. The van der Waals surface area contributed by atoms with Crippen molar-refractivity contribution in [3.8, 4) is 17.2 Å². The highest BCUT2D eigenvalue weighted by Gasteiger charge is 2.15. The van der Waals surface area contributed by atoms with Crippen molar-refractivity contribution in [2.45, 2.75) is 6.42 Å². The number of methoxy groups -OCH3 is 3. The van der Waals surface area contributed by atoms with Crippen molar-refractivity contribution in [3.63, 3.8) is 0 Å². The summed E-state index contributed by atoms with van der Waals surface area (Å²) in [6, 6.07) is 9.96. The molecule has 0 fully saturated rings. The molecule has 0 saturated heterocycles. The van der Waals surface area contributed by atoms with E-state index in [-0.39, 0.29) is 24.8 Å². The first-order valence-electron chi connectivity index (χ1n) is 8.12. The molecule has 0 aromatic heterocycles. The van der Waals surface area contributed by atoms with E-state index in [1.165, 1.54) is 21.3 Å². The minimum Gasteiger partial charge on any atom is -0.493 e. The third kappa shape index (κ3) is 5.27. The lowest BCUT2D eigenvalue weighted by Crippen LogP contribution is -2.27. The summed E-state index contributed by atoms with van der Waals surface area (Å²) < 4.78 is 15.7. The number of benzene rings is 2. The van der Waals surface area contributed by atoms with Gasteiger partial charge in [-0.2, -0.15) is 0 Å². The lowest BCUT2D eigenvalue weighted by atomic mass is 10.2. The Morgan fingerprint density at radius 1 is 1.00 bits per heavy atom. The molecule has 2 aromatic rings. The lowest BCUT2D eigenvalue weighted by molar-refractivity contribution is -0.116. The van der Waals surface area contributed by atoms with Gasteiger partial charge in [0.05, 0.1) is 31.9 Å².